The Labute approximate surface area is 227 Å². The number of ether oxygens (including phenoxy) is 2. The Morgan fingerprint density at radius 1 is 1.19 bits per heavy atom. The number of rotatable bonds is 7. The van der Waals surface area contributed by atoms with Crippen LogP contribution in [-0.2, 0) is 11.4 Å². The summed E-state index contributed by atoms with van der Waals surface area (Å²) in [6.45, 7) is 2.61. The van der Waals surface area contributed by atoms with Gasteiger partial charge in [0.25, 0.3) is 5.91 Å². The lowest BCUT2D eigenvalue weighted by atomic mass is 10.1. The summed E-state index contributed by atoms with van der Waals surface area (Å²) in [5.74, 6) is 1.09. The first-order chi connectivity index (χ1) is 17.4. The number of benzene rings is 3. The van der Waals surface area contributed by atoms with Crippen molar-refractivity contribution in [2.45, 2.75) is 13.5 Å². The molecule has 0 bridgehead atoms. The predicted octanol–water partition coefficient (Wildman–Crippen LogP) is 7.19. The number of carbonyl (C=O) groups excluding carboxylic acids is 1. The normalized spacial score (nSPS) is 15.4. The van der Waals surface area contributed by atoms with E-state index in [1.165, 1.54) is 11.8 Å². The number of hydrogen-bond donors (Lipinski definition) is 0. The van der Waals surface area contributed by atoms with Crippen LogP contribution in [0.15, 0.2) is 75.0 Å². The Bertz CT molecular complexity index is 1380. The number of amidine groups is 1. The van der Waals surface area contributed by atoms with Crippen molar-refractivity contribution in [1.82, 2.24) is 4.90 Å². The third-order valence-corrected chi connectivity index (χ3v) is 7.21. The van der Waals surface area contributed by atoms with Crippen LogP contribution in [0.1, 0.15) is 23.6 Å². The summed E-state index contributed by atoms with van der Waals surface area (Å²) in [6, 6.07) is 20.3. The Morgan fingerprint density at radius 3 is 2.61 bits per heavy atom. The van der Waals surface area contributed by atoms with Gasteiger partial charge in [-0.1, -0.05) is 29.8 Å². The molecule has 4 rings (SSSR count). The van der Waals surface area contributed by atoms with Crippen molar-refractivity contribution in [3.05, 3.63) is 91.8 Å². The van der Waals surface area contributed by atoms with E-state index in [0.29, 0.717) is 37.4 Å². The minimum atomic E-state index is -0.115. The Morgan fingerprint density at radius 2 is 1.94 bits per heavy atom. The van der Waals surface area contributed by atoms with E-state index in [9.17, 15) is 10.1 Å². The molecule has 0 radical (unpaired) electrons. The van der Waals surface area contributed by atoms with Gasteiger partial charge in [-0.05, 0) is 88.7 Å². The lowest BCUT2D eigenvalue weighted by Gasteiger charge is -2.12. The standard InChI is InChI=1S/C27H21BrClN3O3S/c1-3-32-26(33)24(36-27(32)31-20-8-10-21(34-2)11-9-20)14-17-12-22(28)25(23(29)13-17)35-16-19-7-5-4-6-18(19)15-30/h4-14H,3,16H2,1-2H3/b24-14+,31-27?. The van der Waals surface area contributed by atoms with Crippen molar-refractivity contribution in [2.75, 3.05) is 13.7 Å². The second-order valence-corrected chi connectivity index (χ2v) is 9.89. The maximum Gasteiger partial charge on any atom is 0.266 e. The lowest BCUT2D eigenvalue weighted by Crippen LogP contribution is -2.28. The number of hydrogen-bond acceptors (Lipinski definition) is 6. The third kappa shape index (κ3) is 5.76. The molecular formula is C27H21BrClN3O3S. The number of thioether (sulfide) groups is 1. The SMILES string of the molecule is CCN1C(=O)/C(=C\c2cc(Cl)c(OCc3ccccc3C#N)c(Br)c2)SC1=Nc1ccc(OC)cc1. The van der Waals surface area contributed by atoms with Gasteiger partial charge in [-0.2, -0.15) is 5.26 Å². The van der Waals surface area contributed by atoms with Crippen LogP contribution in [0.25, 0.3) is 6.08 Å². The van der Waals surface area contributed by atoms with Crippen molar-refractivity contribution in [3.8, 4) is 17.6 Å². The van der Waals surface area contributed by atoms with Gasteiger partial charge in [-0.3, -0.25) is 9.69 Å². The molecule has 6 nitrogen and oxygen atoms in total. The van der Waals surface area contributed by atoms with Crippen LogP contribution in [0.3, 0.4) is 0 Å². The average Bonchev–Trinajstić information content (AvgIpc) is 3.17. The van der Waals surface area contributed by atoms with Gasteiger partial charge in [-0.15, -0.1) is 0 Å². The zero-order valence-electron chi connectivity index (χ0n) is 19.5. The number of nitrogens with zero attached hydrogens (tertiary/aromatic N) is 3. The maximum absolute atomic E-state index is 13.0. The highest BCUT2D eigenvalue weighted by Crippen LogP contribution is 2.38. The van der Waals surface area contributed by atoms with Gasteiger partial charge in [0.1, 0.15) is 12.4 Å². The van der Waals surface area contributed by atoms with Gasteiger partial charge in [0.05, 0.1) is 38.8 Å². The molecule has 0 atom stereocenters. The van der Waals surface area contributed by atoms with E-state index in [4.69, 9.17) is 21.1 Å². The molecule has 3 aromatic carbocycles. The van der Waals surface area contributed by atoms with Gasteiger partial charge >= 0.3 is 0 Å². The van der Waals surface area contributed by atoms with Crippen LogP contribution in [0.4, 0.5) is 5.69 Å². The molecule has 1 aliphatic heterocycles. The van der Waals surface area contributed by atoms with E-state index in [1.54, 1.807) is 30.2 Å². The molecule has 3 aromatic rings. The average molecular weight is 583 g/mol. The molecule has 0 aliphatic carbocycles. The number of amides is 1. The number of methoxy groups -OCH3 is 1. The van der Waals surface area contributed by atoms with Crippen molar-refractivity contribution in [2.24, 2.45) is 4.99 Å². The van der Waals surface area contributed by atoms with Crippen LogP contribution in [-0.4, -0.2) is 29.6 Å². The predicted molar refractivity (Wildman–Crippen MR) is 148 cm³/mol. The third-order valence-electron chi connectivity index (χ3n) is 5.33. The molecule has 9 heteroatoms. The van der Waals surface area contributed by atoms with Crippen molar-refractivity contribution >= 4 is 62.1 Å². The van der Waals surface area contributed by atoms with E-state index in [-0.39, 0.29) is 12.5 Å². The summed E-state index contributed by atoms with van der Waals surface area (Å²) in [6.07, 6.45) is 1.79. The Balaban J connectivity index is 1.56. The number of nitriles is 1. The molecule has 0 spiro atoms. The molecular weight excluding hydrogens is 562 g/mol. The summed E-state index contributed by atoms with van der Waals surface area (Å²) in [7, 11) is 1.61. The van der Waals surface area contributed by atoms with E-state index in [0.717, 1.165) is 22.6 Å². The van der Waals surface area contributed by atoms with Crippen molar-refractivity contribution in [3.63, 3.8) is 0 Å². The van der Waals surface area contributed by atoms with Crippen LogP contribution >= 0.6 is 39.3 Å². The molecule has 1 fully saturated rings. The minimum absolute atomic E-state index is 0.115. The van der Waals surface area contributed by atoms with Crippen molar-refractivity contribution in [1.29, 1.82) is 5.26 Å². The fraction of sp³-hybridized carbons (Fsp3) is 0.148. The number of halogens is 2. The summed E-state index contributed by atoms with van der Waals surface area (Å²) >= 11 is 11.4. The highest BCUT2D eigenvalue weighted by atomic mass is 79.9. The second-order valence-electron chi connectivity index (χ2n) is 7.62. The number of carbonyl (C=O) groups is 1. The van der Waals surface area contributed by atoms with Gasteiger partial charge in [0.15, 0.2) is 10.9 Å². The summed E-state index contributed by atoms with van der Waals surface area (Å²) in [5.41, 5.74) is 2.80. The molecule has 1 aliphatic rings. The molecule has 36 heavy (non-hydrogen) atoms. The zero-order chi connectivity index (χ0) is 25.7. The van der Waals surface area contributed by atoms with Crippen molar-refractivity contribution < 1.29 is 14.3 Å². The summed E-state index contributed by atoms with van der Waals surface area (Å²) < 4.78 is 11.8. The highest BCUT2D eigenvalue weighted by Gasteiger charge is 2.32. The second kappa shape index (κ2) is 11.7. The smallest absolute Gasteiger partial charge is 0.266 e. The molecule has 0 saturated carbocycles. The largest absolute Gasteiger partial charge is 0.497 e. The molecule has 182 valence electrons. The van der Waals surface area contributed by atoms with Gasteiger partial charge in [0.2, 0.25) is 0 Å². The van der Waals surface area contributed by atoms with Gasteiger partial charge < -0.3 is 9.47 Å². The number of likely N-dealkylation sites (N-methyl/N-ethyl adjacent to an activating group) is 1. The molecule has 1 saturated heterocycles. The first-order valence-corrected chi connectivity index (χ1v) is 13.0. The van der Waals surface area contributed by atoms with Crippen LogP contribution in [0, 0.1) is 11.3 Å². The first-order valence-electron chi connectivity index (χ1n) is 11.0. The number of aliphatic imine (C=N–C) groups is 1. The molecule has 0 N–H and O–H groups in total. The van der Waals surface area contributed by atoms with E-state index in [1.807, 2.05) is 55.5 Å². The fourth-order valence-electron chi connectivity index (χ4n) is 3.49. The molecule has 1 heterocycles. The topological polar surface area (TPSA) is 74.9 Å². The minimum Gasteiger partial charge on any atom is -0.497 e. The van der Waals surface area contributed by atoms with Crippen LogP contribution in [0.5, 0.6) is 11.5 Å². The monoisotopic (exact) mass is 581 g/mol. The van der Waals surface area contributed by atoms with Gasteiger partial charge in [0, 0.05) is 12.1 Å². The zero-order valence-corrected chi connectivity index (χ0v) is 22.7. The Kier molecular flexibility index (Phi) is 8.36. The molecule has 0 aromatic heterocycles. The lowest BCUT2D eigenvalue weighted by molar-refractivity contribution is -0.122. The molecule has 0 unspecified atom stereocenters. The first kappa shape index (κ1) is 25.8. The highest BCUT2D eigenvalue weighted by molar-refractivity contribution is 9.10. The quantitative estimate of drug-likeness (QED) is 0.276. The van der Waals surface area contributed by atoms with Crippen LogP contribution < -0.4 is 9.47 Å². The van der Waals surface area contributed by atoms with Crippen LogP contribution in [0.2, 0.25) is 5.02 Å². The fourth-order valence-corrected chi connectivity index (χ4v) is 5.55. The summed E-state index contributed by atoms with van der Waals surface area (Å²) in [5, 5.41) is 10.3. The van der Waals surface area contributed by atoms with E-state index in [2.05, 4.69) is 27.0 Å². The summed E-state index contributed by atoms with van der Waals surface area (Å²) in [4.78, 5) is 19.9. The Hall–Kier alpha value is -3.25. The molecule has 1 amide bonds. The maximum atomic E-state index is 13.0. The van der Waals surface area contributed by atoms with E-state index >= 15 is 0 Å². The van der Waals surface area contributed by atoms with E-state index < -0.39 is 0 Å². The van der Waals surface area contributed by atoms with Gasteiger partial charge in [-0.25, -0.2) is 4.99 Å².